The van der Waals surface area contributed by atoms with Crippen molar-refractivity contribution >= 4 is 0 Å². The summed E-state index contributed by atoms with van der Waals surface area (Å²) in [5.41, 5.74) is 2.41. The van der Waals surface area contributed by atoms with Gasteiger partial charge in [-0.15, -0.1) is 0 Å². The molecule has 0 bridgehead atoms. The molecule has 2 heterocycles. The molecule has 0 atom stereocenters. The minimum Gasteiger partial charge on any atom is -0.508 e. The molecular weight excluding hydrogens is 244 g/mol. The van der Waals surface area contributed by atoms with E-state index < -0.39 is 0 Å². The predicted molar refractivity (Wildman–Crippen MR) is 68.6 cm³/mol. The number of hydrogen-bond acceptors (Lipinski definition) is 5. The Kier molecular flexibility index (Phi) is 2.59. The number of aromatic hydroxyl groups is 1. The first-order valence-electron chi connectivity index (χ1n) is 5.83. The normalized spacial score (nSPS) is 10.8. The van der Waals surface area contributed by atoms with Crippen molar-refractivity contribution in [2.24, 2.45) is 0 Å². The third-order valence-electron chi connectivity index (χ3n) is 2.95. The lowest BCUT2D eigenvalue weighted by Gasteiger charge is -1.99. The van der Waals surface area contributed by atoms with Gasteiger partial charge in [-0.2, -0.15) is 4.98 Å². The van der Waals surface area contributed by atoms with E-state index in [-0.39, 0.29) is 5.75 Å². The fourth-order valence-electron chi connectivity index (χ4n) is 1.78. The molecule has 0 aliphatic carbocycles. The average Bonchev–Trinajstić information content (AvgIpc) is 3.01. The molecule has 0 saturated heterocycles. The SMILES string of the molecule is Cc1ccc(-c2nc(-c3occc3C)no2)cc1O. The maximum absolute atomic E-state index is 9.69. The van der Waals surface area contributed by atoms with E-state index in [0.717, 1.165) is 11.1 Å². The molecular formula is C14H12N2O3. The smallest absolute Gasteiger partial charge is 0.258 e. The lowest BCUT2D eigenvalue weighted by atomic mass is 10.1. The van der Waals surface area contributed by atoms with Gasteiger partial charge >= 0.3 is 0 Å². The Labute approximate surface area is 109 Å². The molecule has 96 valence electrons. The Bertz CT molecular complexity index is 728. The standard InChI is InChI=1S/C14H12N2O3/c1-8-3-4-10(7-11(8)17)14-15-13(16-19-14)12-9(2)5-6-18-12/h3-7,17H,1-2H3. The summed E-state index contributed by atoms with van der Waals surface area (Å²) in [6.07, 6.45) is 1.58. The van der Waals surface area contributed by atoms with Crippen molar-refractivity contribution in [3.63, 3.8) is 0 Å². The lowest BCUT2D eigenvalue weighted by molar-refractivity contribution is 0.428. The van der Waals surface area contributed by atoms with E-state index >= 15 is 0 Å². The van der Waals surface area contributed by atoms with Crippen LogP contribution in [0.3, 0.4) is 0 Å². The second kappa shape index (κ2) is 4.28. The second-order valence-electron chi connectivity index (χ2n) is 4.36. The van der Waals surface area contributed by atoms with Crippen molar-refractivity contribution in [3.05, 3.63) is 41.7 Å². The molecule has 2 aromatic heterocycles. The van der Waals surface area contributed by atoms with Crippen molar-refractivity contribution in [1.29, 1.82) is 0 Å². The van der Waals surface area contributed by atoms with E-state index in [1.165, 1.54) is 0 Å². The van der Waals surface area contributed by atoms with Crippen molar-refractivity contribution in [3.8, 4) is 28.8 Å². The van der Waals surface area contributed by atoms with Gasteiger partial charge in [0.15, 0.2) is 5.76 Å². The average molecular weight is 256 g/mol. The van der Waals surface area contributed by atoms with Crippen LogP contribution in [0.4, 0.5) is 0 Å². The van der Waals surface area contributed by atoms with Gasteiger partial charge < -0.3 is 14.0 Å². The first-order chi connectivity index (χ1) is 9.15. The number of hydrogen-bond donors (Lipinski definition) is 1. The highest BCUT2D eigenvalue weighted by Gasteiger charge is 2.15. The highest BCUT2D eigenvalue weighted by atomic mass is 16.5. The number of furan rings is 1. The largest absolute Gasteiger partial charge is 0.508 e. The van der Waals surface area contributed by atoms with Crippen LogP contribution in [-0.2, 0) is 0 Å². The summed E-state index contributed by atoms with van der Waals surface area (Å²) in [7, 11) is 0. The molecule has 0 aliphatic heterocycles. The highest BCUT2D eigenvalue weighted by Crippen LogP contribution is 2.28. The monoisotopic (exact) mass is 256 g/mol. The molecule has 3 rings (SSSR count). The number of aromatic nitrogens is 2. The predicted octanol–water partition coefficient (Wildman–Crippen LogP) is 3.32. The first-order valence-corrected chi connectivity index (χ1v) is 5.83. The van der Waals surface area contributed by atoms with Crippen LogP contribution in [0.2, 0.25) is 0 Å². The summed E-state index contributed by atoms with van der Waals surface area (Å²) in [4.78, 5) is 4.27. The Hall–Kier alpha value is -2.56. The van der Waals surface area contributed by atoms with Gasteiger partial charge in [-0.05, 0) is 43.2 Å². The molecule has 0 spiro atoms. The van der Waals surface area contributed by atoms with Crippen molar-refractivity contribution in [2.75, 3.05) is 0 Å². The molecule has 0 amide bonds. The number of rotatable bonds is 2. The van der Waals surface area contributed by atoms with Crippen LogP contribution in [0.15, 0.2) is 39.5 Å². The molecule has 19 heavy (non-hydrogen) atoms. The van der Waals surface area contributed by atoms with E-state index in [1.54, 1.807) is 18.4 Å². The first kappa shape index (κ1) is 11.5. The Morgan fingerprint density at radius 2 is 1.95 bits per heavy atom. The fraction of sp³-hybridized carbons (Fsp3) is 0.143. The van der Waals surface area contributed by atoms with E-state index in [0.29, 0.717) is 23.0 Å². The quantitative estimate of drug-likeness (QED) is 0.761. The molecule has 1 aromatic carbocycles. The van der Waals surface area contributed by atoms with E-state index in [4.69, 9.17) is 8.94 Å². The Morgan fingerprint density at radius 1 is 1.11 bits per heavy atom. The number of phenols is 1. The van der Waals surface area contributed by atoms with Gasteiger partial charge in [-0.25, -0.2) is 0 Å². The molecule has 5 nitrogen and oxygen atoms in total. The molecule has 0 fully saturated rings. The van der Waals surface area contributed by atoms with Gasteiger partial charge in [0.25, 0.3) is 5.89 Å². The molecule has 5 heteroatoms. The highest BCUT2D eigenvalue weighted by molar-refractivity contribution is 5.60. The number of aryl methyl sites for hydroxylation is 2. The zero-order chi connectivity index (χ0) is 13.4. The second-order valence-corrected chi connectivity index (χ2v) is 4.36. The summed E-state index contributed by atoms with van der Waals surface area (Å²) in [6.45, 7) is 3.73. The lowest BCUT2D eigenvalue weighted by Crippen LogP contribution is -1.82. The number of benzene rings is 1. The van der Waals surface area contributed by atoms with Gasteiger partial charge in [0.1, 0.15) is 5.75 Å². The van der Waals surface area contributed by atoms with Crippen LogP contribution in [0, 0.1) is 13.8 Å². The summed E-state index contributed by atoms with van der Waals surface area (Å²) in [6, 6.07) is 7.05. The van der Waals surface area contributed by atoms with E-state index in [2.05, 4.69) is 10.1 Å². The zero-order valence-electron chi connectivity index (χ0n) is 10.5. The minimum atomic E-state index is 0.200. The third kappa shape index (κ3) is 1.99. The molecule has 3 aromatic rings. The van der Waals surface area contributed by atoms with Crippen molar-refractivity contribution < 1.29 is 14.0 Å². The van der Waals surface area contributed by atoms with Gasteiger partial charge in [0.2, 0.25) is 5.82 Å². The van der Waals surface area contributed by atoms with Gasteiger partial charge in [-0.1, -0.05) is 11.2 Å². The molecule has 0 saturated carbocycles. The molecule has 0 radical (unpaired) electrons. The van der Waals surface area contributed by atoms with Gasteiger partial charge in [-0.3, -0.25) is 0 Å². The molecule has 1 N–H and O–H groups in total. The van der Waals surface area contributed by atoms with E-state index in [1.807, 2.05) is 26.0 Å². The van der Waals surface area contributed by atoms with Crippen LogP contribution in [0.1, 0.15) is 11.1 Å². The van der Waals surface area contributed by atoms with Crippen LogP contribution in [0.5, 0.6) is 5.75 Å². The van der Waals surface area contributed by atoms with Crippen molar-refractivity contribution in [1.82, 2.24) is 10.1 Å². The van der Waals surface area contributed by atoms with Crippen molar-refractivity contribution in [2.45, 2.75) is 13.8 Å². The van der Waals surface area contributed by atoms with Crippen LogP contribution >= 0.6 is 0 Å². The van der Waals surface area contributed by atoms with Crippen LogP contribution in [-0.4, -0.2) is 15.2 Å². The van der Waals surface area contributed by atoms with Gasteiger partial charge in [0.05, 0.1) is 6.26 Å². The summed E-state index contributed by atoms with van der Waals surface area (Å²) in [5, 5.41) is 13.6. The number of nitrogens with zero attached hydrogens (tertiary/aromatic N) is 2. The third-order valence-corrected chi connectivity index (χ3v) is 2.95. The maximum Gasteiger partial charge on any atom is 0.258 e. The summed E-state index contributed by atoms with van der Waals surface area (Å²) in [5.74, 6) is 1.54. The summed E-state index contributed by atoms with van der Waals surface area (Å²) < 4.78 is 10.5. The Morgan fingerprint density at radius 3 is 2.63 bits per heavy atom. The summed E-state index contributed by atoms with van der Waals surface area (Å²) >= 11 is 0. The molecule has 0 unspecified atom stereocenters. The molecule has 0 aliphatic rings. The van der Waals surface area contributed by atoms with E-state index in [9.17, 15) is 5.11 Å². The fourth-order valence-corrected chi connectivity index (χ4v) is 1.78. The Balaban J connectivity index is 2.01. The van der Waals surface area contributed by atoms with Gasteiger partial charge in [0, 0.05) is 5.56 Å². The van der Waals surface area contributed by atoms with Crippen LogP contribution < -0.4 is 0 Å². The zero-order valence-corrected chi connectivity index (χ0v) is 10.5. The maximum atomic E-state index is 9.69. The topological polar surface area (TPSA) is 72.3 Å². The minimum absolute atomic E-state index is 0.200. The van der Waals surface area contributed by atoms with Crippen LogP contribution in [0.25, 0.3) is 23.0 Å². The number of phenolic OH excluding ortho intramolecular Hbond substituents is 1.